The number of rotatable bonds is 7. The van der Waals surface area contributed by atoms with E-state index in [-0.39, 0.29) is 5.75 Å². The molecule has 0 fully saturated rings. The molecule has 9 heteroatoms. The van der Waals surface area contributed by atoms with Gasteiger partial charge in [0, 0.05) is 13.1 Å². The van der Waals surface area contributed by atoms with Crippen LogP contribution in [0.25, 0.3) is 0 Å². The molecule has 2 aromatic rings. The number of benzene rings is 1. The quantitative estimate of drug-likeness (QED) is 0.529. The minimum atomic E-state index is -2.90. The van der Waals surface area contributed by atoms with Gasteiger partial charge in [0.15, 0.2) is 5.11 Å². The maximum absolute atomic E-state index is 12.5. The number of aryl methyl sites for hydroxylation is 3. The fraction of sp³-hybridized carbons (Fsp3) is 0.412. The van der Waals surface area contributed by atoms with E-state index >= 15 is 0 Å². The fourth-order valence-corrected chi connectivity index (χ4v) is 2.76. The molecular formula is C17H21ClF2N4OS. The minimum Gasteiger partial charge on any atom is -0.433 e. The lowest BCUT2D eigenvalue weighted by Gasteiger charge is -2.15. The van der Waals surface area contributed by atoms with Gasteiger partial charge >= 0.3 is 6.61 Å². The number of halogens is 3. The van der Waals surface area contributed by atoms with E-state index in [2.05, 4.69) is 20.5 Å². The van der Waals surface area contributed by atoms with E-state index in [0.29, 0.717) is 28.9 Å². The van der Waals surface area contributed by atoms with Crippen LogP contribution < -0.4 is 15.4 Å². The smallest absolute Gasteiger partial charge is 0.387 e. The molecule has 0 unspecified atom stereocenters. The predicted octanol–water partition coefficient (Wildman–Crippen LogP) is 4.44. The lowest BCUT2D eigenvalue weighted by atomic mass is 10.2. The maximum atomic E-state index is 12.5. The van der Waals surface area contributed by atoms with E-state index in [1.807, 2.05) is 18.5 Å². The summed E-state index contributed by atoms with van der Waals surface area (Å²) in [5.41, 5.74) is 2.94. The third kappa shape index (κ3) is 5.54. The fourth-order valence-electron chi connectivity index (χ4n) is 2.42. The van der Waals surface area contributed by atoms with E-state index in [1.54, 1.807) is 19.1 Å². The molecule has 2 rings (SSSR count). The van der Waals surface area contributed by atoms with Gasteiger partial charge in [-0.3, -0.25) is 4.68 Å². The van der Waals surface area contributed by atoms with Crippen molar-refractivity contribution in [3.63, 3.8) is 0 Å². The number of alkyl halides is 2. The second-order valence-corrected chi connectivity index (χ2v) is 6.61. The molecule has 0 atom stereocenters. The van der Waals surface area contributed by atoms with Crippen molar-refractivity contribution in [2.75, 3.05) is 11.9 Å². The number of hydrogen-bond donors (Lipinski definition) is 2. The number of nitrogens with zero attached hydrogens (tertiary/aromatic N) is 2. The summed E-state index contributed by atoms with van der Waals surface area (Å²) >= 11 is 11.3. The highest BCUT2D eigenvalue weighted by Crippen LogP contribution is 2.27. The zero-order chi connectivity index (χ0) is 19.3. The lowest BCUT2D eigenvalue weighted by Crippen LogP contribution is -2.30. The van der Waals surface area contributed by atoms with Crippen LogP contribution >= 0.6 is 23.8 Å². The summed E-state index contributed by atoms with van der Waals surface area (Å²) in [6, 6.07) is 4.97. The number of thiocarbonyl (C=S) groups is 1. The molecule has 5 nitrogen and oxygen atoms in total. The molecule has 0 bridgehead atoms. The van der Waals surface area contributed by atoms with Crippen molar-refractivity contribution in [1.82, 2.24) is 15.1 Å². The largest absolute Gasteiger partial charge is 0.433 e. The summed E-state index contributed by atoms with van der Waals surface area (Å²) in [5, 5.41) is 11.3. The first-order chi connectivity index (χ1) is 12.3. The highest BCUT2D eigenvalue weighted by molar-refractivity contribution is 7.80. The maximum Gasteiger partial charge on any atom is 0.387 e. The summed E-state index contributed by atoms with van der Waals surface area (Å²) in [6.45, 7) is 3.97. The number of anilines is 1. The number of hydrogen-bond acceptors (Lipinski definition) is 3. The monoisotopic (exact) mass is 402 g/mol. The molecule has 1 heterocycles. The summed E-state index contributed by atoms with van der Waals surface area (Å²) in [7, 11) is 0. The van der Waals surface area contributed by atoms with E-state index in [4.69, 9.17) is 23.8 Å². The topological polar surface area (TPSA) is 51.1 Å². The van der Waals surface area contributed by atoms with Crippen molar-refractivity contribution >= 4 is 34.6 Å². The molecule has 2 N–H and O–H groups in total. The van der Waals surface area contributed by atoms with Crippen molar-refractivity contribution in [3.8, 4) is 5.75 Å². The number of aromatic nitrogens is 2. The van der Waals surface area contributed by atoms with E-state index in [0.717, 1.165) is 23.4 Å². The Labute approximate surface area is 161 Å². The van der Waals surface area contributed by atoms with Crippen LogP contribution in [-0.2, 0) is 6.54 Å². The molecule has 26 heavy (non-hydrogen) atoms. The van der Waals surface area contributed by atoms with Crippen LogP contribution in [0.15, 0.2) is 18.2 Å². The van der Waals surface area contributed by atoms with Gasteiger partial charge in [-0.15, -0.1) is 0 Å². The Morgan fingerprint density at radius 1 is 1.35 bits per heavy atom. The zero-order valence-corrected chi connectivity index (χ0v) is 16.3. The standard InChI is InChI=1S/C17H21ClF2N4OS/c1-10-5-6-13(14(9-10)25-16(19)20)22-17(26)21-7-4-8-24-12(3)15(18)11(2)23-24/h5-6,9,16H,4,7-8H2,1-3H3,(H2,21,22,26). The first-order valence-corrected chi connectivity index (χ1v) is 8.86. The van der Waals surface area contributed by atoms with Crippen LogP contribution in [0.1, 0.15) is 23.4 Å². The van der Waals surface area contributed by atoms with E-state index in [9.17, 15) is 8.78 Å². The lowest BCUT2D eigenvalue weighted by molar-refractivity contribution is -0.0493. The van der Waals surface area contributed by atoms with Crippen molar-refractivity contribution in [3.05, 3.63) is 40.2 Å². The van der Waals surface area contributed by atoms with Crippen molar-refractivity contribution < 1.29 is 13.5 Å². The van der Waals surface area contributed by atoms with E-state index in [1.165, 1.54) is 6.07 Å². The SMILES string of the molecule is Cc1ccc(NC(=S)NCCCn2nc(C)c(Cl)c2C)c(OC(F)F)c1. The molecule has 1 aromatic carbocycles. The highest BCUT2D eigenvalue weighted by Gasteiger charge is 2.11. The van der Waals surface area contributed by atoms with Crippen LogP contribution in [0.2, 0.25) is 5.02 Å². The Bertz CT molecular complexity index is 782. The van der Waals surface area contributed by atoms with Crippen molar-refractivity contribution in [2.45, 2.75) is 40.3 Å². The average molecular weight is 403 g/mol. The van der Waals surface area contributed by atoms with E-state index < -0.39 is 6.61 Å². The Hall–Kier alpha value is -1.93. The summed E-state index contributed by atoms with van der Waals surface area (Å²) in [4.78, 5) is 0. The van der Waals surface area contributed by atoms with Gasteiger partial charge in [-0.2, -0.15) is 13.9 Å². The van der Waals surface area contributed by atoms with Gasteiger partial charge in [-0.25, -0.2) is 0 Å². The van der Waals surface area contributed by atoms with Gasteiger partial charge in [-0.05, 0) is 57.1 Å². The Kier molecular flexibility index (Phi) is 7.16. The van der Waals surface area contributed by atoms with Gasteiger partial charge in [0.2, 0.25) is 0 Å². The molecule has 0 aliphatic heterocycles. The Morgan fingerprint density at radius 3 is 2.69 bits per heavy atom. The van der Waals surface area contributed by atoms with Crippen LogP contribution in [0.4, 0.5) is 14.5 Å². The third-order valence-corrected chi connectivity index (χ3v) is 4.52. The van der Waals surface area contributed by atoms with Crippen LogP contribution in [0, 0.1) is 20.8 Å². The number of nitrogens with one attached hydrogen (secondary N) is 2. The van der Waals surface area contributed by atoms with Gasteiger partial charge in [0.1, 0.15) is 5.75 Å². The van der Waals surface area contributed by atoms with Gasteiger partial charge in [0.25, 0.3) is 0 Å². The molecule has 0 saturated carbocycles. The van der Waals surface area contributed by atoms with Crippen molar-refractivity contribution in [2.24, 2.45) is 0 Å². The molecular weight excluding hydrogens is 382 g/mol. The Morgan fingerprint density at radius 2 is 2.08 bits per heavy atom. The summed E-state index contributed by atoms with van der Waals surface area (Å²) in [5.74, 6) is 0.0569. The third-order valence-electron chi connectivity index (χ3n) is 3.73. The zero-order valence-electron chi connectivity index (χ0n) is 14.8. The molecule has 142 valence electrons. The van der Waals surface area contributed by atoms with Gasteiger partial charge < -0.3 is 15.4 Å². The molecule has 0 radical (unpaired) electrons. The van der Waals surface area contributed by atoms with Gasteiger partial charge in [-0.1, -0.05) is 17.7 Å². The highest BCUT2D eigenvalue weighted by atomic mass is 35.5. The molecule has 0 aliphatic rings. The normalized spacial score (nSPS) is 10.9. The molecule has 1 aromatic heterocycles. The average Bonchev–Trinajstić information content (AvgIpc) is 2.81. The Balaban J connectivity index is 1.84. The predicted molar refractivity (Wildman–Crippen MR) is 103 cm³/mol. The first-order valence-electron chi connectivity index (χ1n) is 8.07. The number of ether oxygens (including phenoxy) is 1. The van der Waals surface area contributed by atoms with Gasteiger partial charge in [0.05, 0.1) is 22.1 Å². The first kappa shape index (κ1) is 20.4. The molecule has 0 amide bonds. The second kappa shape index (κ2) is 9.14. The van der Waals surface area contributed by atoms with Crippen molar-refractivity contribution in [1.29, 1.82) is 0 Å². The van der Waals surface area contributed by atoms with Crippen LogP contribution in [-0.4, -0.2) is 28.0 Å². The summed E-state index contributed by atoms with van der Waals surface area (Å²) < 4.78 is 31.4. The molecule has 0 aliphatic carbocycles. The van der Waals surface area contributed by atoms with Crippen LogP contribution in [0.5, 0.6) is 5.75 Å². The van der Waals surface area contributed by atoms with Crippen LogP contribution in [0.3, 0.4) is 0 Å². The summed E-state index contributed by atoms with van der Waals surface area (Å²) in [6.07, 6.45) is 0.772. The minimum absolute atomic E-state index is 0.0569. The molecule has 0 spiro atoms. The second-order valence-electron chi connectivity index (χ2n) is 5.82. The molecule has 0 saturated heterocycles.